The van der Waals surface area contributed by atoms with Crippen molar-refractivity contribution in [3.8, 4) is 0 Å². The molecule has 0 aromatic heterocycles. The molecule has 0 aromatic rings. The largest absolute Gasteiger partial charge is 0.338 e. The molecule has 0 bridgehead atoms. The lowest BCUT2D eigenvalue weighted by Crippen LogP contribution is -2.38. The Kier molecular flexibility index (Phi) is 4.33. The molecule has 0 aliphatic heterocycles. The minimum absolute atomic E-state index is 0.0635. The van der Waals surface area contributed by atoms with Crippen LogP contribution < -0.4 is 0 Å². The van der Waals surface area contributed by atoms with Crippen LogP contribution in [0.4, 0.5) is 0 Å². The number of hydrogen-bond acceptors (Lipinski definition) is 3. The number of amides is 1. The van der Waals surface area contributed by atoms with Gasteiger partial charge in [0.1, 0.15) is 0 Å². The fourth-order valence-corrected chi connectivity index (χ4v) is 0.769. The van der Waals surface area contributed by atoms with Crippen molar-refractivity contribution in [3.05, 3.63) is 0 Å². The van der Waals surface area contributed by atoms with Crippen LogP contribution in [0.3, 0.4) is 0 Å². The number of hydroxylamine groups is 2. The van der Waals surface area contributed by atoms with Gasteiger partial charge in [-0.15, -0.1) is 0 Å². The van der Waals surface area contributed by atoms with Crippen LogP contribution in [0.2, 0.25) is 0 Å². The summed E-state index contributed by atoms with van der Waals surface area (Å²) < 4.78 is 0. The first-order chi connectivity index (χ1) is 5.49. The van der Waals surface area contributed by atoms with Gasteiger partial charge in [-0.3, -0.25) is 9.59 Å². The number of rotatable bonds is 2. The van der Waals surface area contributed by atoms with Crippen LogP contribution >= 0.6 is 0 Å². The molecule has 0 rings (SSSR count). The SMILES string of the molecule is CCC(C)N(OC(C)=O)C(C)=O. The summed E-state index contributed by atoms with van der Waals surface area (Å²) in [7, 11) is 0. The third-order valence-electron chi connectivity index (χ3n) is 1.53. The molecular formula is C8H15NO3. The molecule has 0 saturated heterocycles. The fourth-order valence-electron chi connectivity index (χ4n) is 0.769. The molecule has 4 nitrogen and oxygen atoms in total. The number of nitrogens with zero attached hydrogens (tertiary/aromatic N) is 1. The van der Waals surface area contributed by atoms with E-state index in [1.54, 1.807) is 0 Å². The van der Waals surface area contributed by atoms with Gasteiger partial charge in [0.25, 0.3) is 5.91 Å². The van der Waals surface area contributed by atoms with E-state index in [2.05, 4.69) is 0 Å². The first-order valence-corrected chi connectivity index (χ1v) is 3.97. The molecule has 70 valence electrons. The fraction of sp³-hybridized carbons (Fsp3) is 0.750. The molecule has 1 amide bonds. The predicted octanol–water partition coefficient (Wildman–Crippen LogP) is 1.11. The summed E-state index contributed by atoms with van der Waals surface area (Å²) in [4.78, 5) is 26.2. The number of hydrogen-bond donors (Lipinski definition) is 0. The zero-order valence-electron chi connectivity index (χ0n) is 7.96. The first-order valence-electron chi connectivity index (χ1n) is 3.97. The molecular weight excluding hydrogens is 158 g/mol. The highest BCUT2D eigenvalue weighted by molar-refractivity contribution is 5.75. The van der Waals surface area contributed by atoms with Gasteiger partial charge in [0.2, 0.25) is 0 Å². The molecule has 0 heterocycles. The van der Waals surface area contributed by atoms with E-state index >= 15 is 0 Å². The highest BCUT2D eigenvalue weighted by Crippen LogP contribution is 2.04. The molecule has 0 saturated carbocycles. The van der Waals surface area contributed by atoms with E-state index in [4.69, 9.17) is 4.84 Å². The Morgan fingerprint density at radius 2 is 1.92 bits per heavy atom. The first kappa shape index (κ1) is 10.9. The molecule has 0 aliphatic rings. The van der Waals surface area contributed by atoms with Crippen molar-refractivity contribution in [3.63, 3.8) is 0 Å². The van der Waals surface area contributed by atoms with Crippen LogP contribution in [0.15, 0.2) is 0 Å². The van der Waals surface area contributed by atoms with Gasteiger partial charge in [0.05, 0.1) is 6.04 Å². The second-order valence-corrected chi connectivity index (χ2v) is 2.68. The summed E-state index contributed by atoms with van der Waals surface area (Å²) >= 11 is 0. The van der Waals surface area contributed by atoms with Crippen molar-refractivity contribution >= 4 is 11.9 Å². The van der Waals surface area contributed by atoms with E-state index in [1.807, 2.05) is 13.8 Å². The standard InChI is InChI=1S/C8H15NO3/c1-5-6(2)9(7(3)10)12-8(4)11/h6H,5H2,1-4H3. The maximum Gasteiger partial charge on any atom is 0.329 e. The summed E-state index contributed by atoms with van der Waals surface area (Å²) in [5.74, 6) is -0.718. The van der Waals surface area contributed by atoms with E-state index in [1.165, 1.54) is 13.8 Å². The van der Waals surface area contributed by atoms with Crippen LogP contribution in [0, 0.1) is 0 Å². The number of carbonyl (C=O) groups excluding carboxylic acids is 2. The second-order valence-electron chi connectivity index (χ2n) is 2.68. The minimum atomic E-state index is -0.467. The normalized spacial score (nSPS) is 12.0. The Morgan fingerprint density at radius 1 is 1.42 bits per heavy atom. The third kappa shape index (κ3) is 3.37. The van der Waals surface area contributed by atoms with Gasteiger partial charge in [-0.2, -0.15) is 5.06 Å². The molecule has 0 fully saturated rings. The molecule has 4 heteroatoms. The third-order valence-corrected chi connectivity index (χ3v) is 1.53. The lowest BCUT2D eigenvalue weighted by molar-refractivity contribution is -0.203. The van der Waals surface area contributed by atoms with E-state index in [0.29, 0.717) is 0 Å². The zero-order valence-corrected chi connectivity index (χ0v) is 7.96. The van der Waals surface area contributed by atoms with Crippen molar-refractivity contribution in [1.29, 1.82) is 0 Å². The molecule has 1 atom stereocenters. The zero-order chi connectivity index (χ0) is 9.72. The lowest BCUT2D eigenvalue weighted by Gasteiger charge is -2.24. The second kappa shape index (κ2) is 4.74. The smallest absolute Gasteiger partial charge is 0.329 e. The Labute approximate surface area is 72.4 Å². The van der Waals surface area contributed by atoms with Crippen molar-refractivity contribution in [2.24, 2.45) is 0 Å². The Balaban J connectivity index is 4.22. The van der Waals surface area contributed by atoms with E-state index in [9.17, 15) is 9.59 Å². The molecule has 0 N–H and O–H groups in total. The maximum absolute atomic E-state index is 10.9. The monoisotopic (exact) mass is 173 g/mol. The Hall–Kier alpha value is -1.06. The molecule has 12 heavy (non-hydrogen) atoms. The van der Waals surface area contributed by atoms with Gasteiger partial charge in [0, 0.05) is 13.8 Å². The minimum Gasteiger partial charge on any atom is -0.338 e. The van der Waals surface area contributed by atoms with Gasteiger partial charge >= 0.3 is 5.97 Å². The Morgan fingerprint density at radius 3 is 2.17 bits per heavy atom. The van der Waals surface area contributed by atoms with Crippen molar-refractivity contribution in [1.82, 2.24) is 5.06 Å². The van der Waals surface area contributed by atoms with Gasteiger partial charge < -0.3 is 4.84 Å². The van der Waals surface area contributed by atoms with E-state index in [0.717, 1.165) is 11.5 Å². The van der Waals surface area contributed by atoms with Gasteiger partial charge in [-0.1, -0.05) is 6.92 Å². The highest BCUT2D eigenvalue weighted by Gasteiger charge is 2.17. The summed E-state index contributed by atoms with van der Waals surface area (Å²) in [5.41, 5.74) is 0. The summed E-state index contributed by atoms with van der Waals surface area (Å²) in [5, 5.41) is 1.10. The summed E-state index contributed by atoms with van der Waals surface area (Å²) in [6.45, 7) is 6.39. The van der Waals surface area contributed by atoms with Gasteiger partial charge in [-0.25, -0.2) is 0 Å². The molecule has 0 aromatic carbocycles. The van der Waals surface area contributed by atoms with Crippen molar-refractivity contribution in [2.75, 3.05) is 0 Å². The summed E-state index contributed by atoms with van der Waals surface area (Å²) in [6, 6.07) is -0.0635. The topological polar surface area (TPSA) is 46.6 Å². The quantitative estimate of drug-likeness (QED) is 0.588. The highest BCUT2D eigenvalue weighted by atomic mass is 16.7. The van der Waals surface area contributed by atoms with Gasteiger partial charge in [0.15, 0.2) is 0 Å². The lowest BCUT2D eigenvalue weighted by atomic mass is 10.2. The predicted molar refractivity (Wildman–Crippen MR) is 44.0 cm³/mol. The van der Waals surface area contributed by atoms with Crippen LogP contribution in [-0.4, -0.2) is 23.0 Å². The number of carbonyl (C=O) groups is 2. The van der Waals surface area contributed by atoms with Gasteiger partial charge in [-0.05, 0) is 13.3 Å². The van der Waals surface area contributed by atoms with E-state index in [-0.39, 0.29) is 11.9 Å². The molecule has 0 radical (unpaired) electrons. The van der Waals surface area contributed by atoms with Crippen LogP contribution in [0.25, 0.3) is 0 Å². The van der Waals surface area contributed by atoms with Crippen molar-refractivity contribution < 1.29 is 14.4 Å². The Bertz CT molecular complexity index is 179. The molecule has 1 unspecified atom stereocenters. The maximum atomic E-state index is 10.9. The van der Waals surface area contributed by atoms with Crippen LogP contribution in [0.5, 0.6) is 0 Å². The van der Waals surface area contributed by atoms with Crippen molar-refractivity contribution in [2.45, 2.75) is 40.2 Å². The summed E-state index contributed by atoms with van der Waals surface area (Å²) in [6.07, 6.45) is 0.757. The average Bonchev–Trinajstić information content (AvgIpc) is 1.98. The molecule has 0 aliphatic carbocycles. The average molecular weight is 173 g/mol. The van der Waals surface area contributed by atoms with Crippen LogP contribution in [0.1, 0.15) is 34.1 Å². The van der Waals surface area contributed by atoms with E-state index < -0.39 is 5.97 Å². The molecule has 0 spiro atoms. The van der Waals surface area contributed by atoms with Crippen LogP contribution in [-0.2, 0) is 14.4 Å².